The number of aromatic nitrogens is 2. The average Bonchev–Trinajstić information content (AvgIpc) is 2.84. The topological polar surface area (TPSA) is 105 Å². The van der Waals surface area contributed by atoms with E-state index < -0.39 is 5.97 Å². The molecule has 8 nitrogen and oxygen atoms in total. The highest BCUT2D eigenvalue weighted by molar-refractivity contribution is 5.94. The van der Waals surface area contributed by atoms with Gasteiger partial charge in [0.2, 0.25) is 11.8 Å². The number of hydrogen-bond acceptors (Lipinski definition) is 4. The van der Waals surface area contributed by atoms with Crippen LogP contribution < -0.4 is 5.32 Å². The number of carbonyl (C=O) groups is 3. The molecule has 1 aromatic rings. The fourth-order valence-electron chi connectivity index (χ4n) is 2.41. The molecule has 0 atom stereocenters. The zero-order valence-corrected chi connectivity index (χ0v) is 12.3. The Kier molecular flexibility index (Phi) is 5.51. The van der Waals surface area contributed by atoms with Crippen molar-refractivity contribution in [3.63, 3.8) is 0 Å². The van der Waals surface area contributed by atoms with Gasteiger partial charge in [-0.15, -0.1) is 0 Å². The Morgan fingerprint density at radius 2 is 2.00 bits per heavy atom. The number of aliphatic carboxylic acids is 1. The third-order valence-corrected chi connectivity index (χ3v) is 3.47. The second-order valence-electron chi connectivity index (χ2n) is 5.35. The molecule has 1 fully saturated rings. The molecule has 0 aliphatic carbocycles. The van der Waals surface area contributed by atoms with Gasteiger partial charge in [0.25, 0.3) is 0 Å². The van der Waals surface area contributed by atoms with Crippen LogP contribution in [0.3, 0.4) is 0 Å². The fraction of sp³-hybridized carbons (Fsp3) is 0.571. The second kappa shape index (κ2) is 7.58. The number of anilines is 1. The van der Waals surface area contributed by atoms with E-state index in [1.165, 1.54) is 17.1 Å². The summed E-state index contributed by atoms with van der Waals surface area (Å²) in [6.07, 6.45) is 7.25. The highest BCUT2D eigenvalue weighted by Gasteiger charge is 2.18. The summed E-state index contributed by atoms with van der Waals surface area (Å²) < 4.78 is 1.22. The van der Waals surface area contributed by atoms with Crippen LogP contribution in [-0.2, 0) is 20.9 Å². The SMILES string of the molecule is O=C(O)Cn1cc(NC(=O)CN2CCCCCCC2=O)cn1. The predicted octanol–water partition coefficient (Wildman–Crippen LogP) is 0.699. The largest absolute Gasteiger partial charge is 0.480 e. The van der Waals surface area contributed by atoms with E-state index >= 15 is 0 Å². The van der Waals surface area contributed by atoms with Crippen LogP contribution in [0.25, 0.3) is 0 Å². The van der Waals surface area contributed by atoms with Gasteiger partial charge in [0, 0.05) is 19.2 Å². The molecule has 8 heteroatoms. The summed E-state index contributed by atoms with van der Waals surface area (Å²) in [6.45, 7) is 0.355. The number of nitrogens with one attached hydrogen (secondary N) is 1. The first-order chi connectivity index (χ1) is 10.5. The van der Waals surface area contributed by atoms with Gasteiger partial charge in [-0.1, -0.05) is 12.8 Å². The molecular formula is C14H20N4O4. The average molecular weight is 308 g/mol. The van der Waals surface area contributed by atoms with E-state index in [-0.39, 0.29) is 24.9 Å². The quantitative estimate of drug-likeness (QED) is 0.833. The van der Waals surface area contributed by atoms with E-state index in [2.05, 4.69) is 10.4 Å². The first-order valence-corrected chi connectivity index (χ1v) is 7.36. The number of carbonyl (C=O) groups excluding carboxylic acids is 2. The highest BCUT2D eigenvalue weighted by atomic mass is 16.4. The lowest BCUT2D eigenvalue weighted by molar-refractivity contribution is -0.138. The van der Waals surface area contributed by atoms with Crippen LogP contribution in [-0.4, -0.2) is 50.7 Å². The van der Waals surface area contributed by atoms with Crippen LogP contribution in [0, 0.1) is 0 Å². The Labute approximate surface area is 128 Å². The van der Waals surface area contributed by atoms with Gasteiger partial charge >= 0.3 is 5.97 Å². The Hall–Kier alpha value is -2.38. The molecule has 120 valence electrons. The molecule has 1 aromatic heterocycles. The van der Waals surface area contributed by atoms with Gasteiger partial charge in [-0.25, -0.2) is 0 Å². The maximum Gasteiger partial charge on any atom is 0.325 e. The number of likely N-dealkylation sites (tertiary alicyclic amines) is 1. The van der Waals surface area contributed by atoms with Crippen molar-refractivity contribution in [2.75, 3.05) is 18.4 Å². The van der Waals surface area contributed by atoms with Crippen molar-refractivity contribution < 1.29 is 19.5 Å². The van der Waals surface area contributed by atoms with Crippen LogP contribution in [0.1, 0.15) is 32.1 Å². The van der Waals surface area contributed by atoms with E-state index in [0.29, 0.717) is 18.7 Å². The smallest absolute Gasteiger partial charge is 0.325 e. The monoisotopic (exact) mass is 308 g/mol. The van der Waals surface area contributed by atoms with Crippen LogP contribution in [0.2, 0.25) is 0 Å². The maximum atomic E-state index is 12.0. The van der Waals surface area contributed by atoms with Crippen LogP contribution in [0.15, 0.2) is 12.4 Å². The Morgan fingerprint density at radius 3 is 2.77 bits per heavy atom. The lowest BCUT2D eigenvalue weighted by atomic mass is 10.1. The van der Waals surface area contributed by atoms with Gasteiger partial charge < -0.3 is 15.3 Å². The van der Waals surface area contributed by atoms with Crippen molar-refractivity contribution in [1.82, 2.24) is 14.7 Å². The molecule has 2 N–H and O–H groups in total. The second-order valence-corrected chi connectivity index (χ2v) is 5.35. The molecule has 0 unspecified atom stereocenters. The molecular weight excluding hydrogens is 288 g/mol. The standard InChI is InChI=1S/C14H20N4O4/c19-12(9-17-6-4-2-1-3-5-13(17)20)16-11-7-15-18(8-11)10-14(21)22/h7-8H,1-6,9-10H2,(H,16,19)(H,21,22). The number of rotatable bonds is 5. The molecule has 0 bridgehead atoms. The normalized spacial score (nSPS) is 16.0. The lowest BCUT2D eigenvalue weighted by Gasteiger charge is -2.24. The predicted molar refractivity (Wildman–Crippen MR) is 78.2 cm³/mol. The molecule has 0 spiro atoms. The fourth-order valence-corrected chi connectivity index (χ4v) is 2.41. The van der Waals surface area contributed by atoms with Crippen LogP contribution in [0.4, 0.5) is 5.69 Å². The minimum atomic E-state index is -1.01. The number of carboxylic acids is 1. The first-order valence-electron chi connectivity index (χ1n) is 7.36. The zero-order chi connectivity index (χ0) is 15.9. The van der Waals surface area contributed by atoms with Crippen molar-refractivity contribution >= 4 is 23.5 Å². The van der Waals surface area contributed by atoms with Gasteiger partial charge in [-0.05, 0) is 12.8 Å². The van der Waals surface area contributed by atoms with Crippen molar-refractivity contribution in [3.05, 3.63) is 12.4 Å². The van der Waals surface area contributed by atoms with E-state index in [4.69, 9.17) is 5.11 Å². The summed E-state index contributed by atoms with van der Waals surface area (Å²) >= 11 is 0. The van der Waals surface area contributed by atoms with E-state index in [1.54, 1.807) is 4.90 Å². The maximum absolute atomic E-state index is 12.0. The minimum Gasteiger partial charge on any atom is -0.480 e. The zero-order valence-electron chi connectivity index (χ0n) is 12.3. The van der Waals surface area contributed by atoms with Gasteiger partial charge in [-0.2, -0.15) is 5.10 Å². The van der Waals surface area contributed by atoms with E-state index in [0.717, 1.165) is 25.7 Å². The first kappa shape index (κ1) is 16.0. The summed E-state index contributed by atoms with van der Waals surface area (Å²) in [4.78, 5) is 36.1. The number of amides is 2. The molecule has 0 saturated carbocycles. The molecule has 1 saturated heterocycles. The highest BCUT2D eigenvalue weighted by Crippen LogP contribution is 2.12. The summed E-state index contributed by atoms with van der Waals surface area (Å²) in [5, 5.41) is 15.1. The number of carboxylic acid groups (broad SMARTS) is 1. The third-order valence-electron chi connectivity index (χ3n) is 3.47. The molecule has 2 amide bonds. The number of nitrogens with zero attached hydrogens (tertiary/aromatic N) is 3. The molecule has 2 heterocycles. The lowest BCUT2D eigenvalue weighted by Crippen LogP contribution is -2.39. The summed E-state index contributed by atoms with van der Waals surface area (Å²) in [7, 11) is 0. The molecule has 0 radical (unpaired) electrons. The summed E-state index contributed by atoms with van der Waals surface area (Å²) in [5.74, 6) is -1.30. The summed E-state index contributed by atoms with van der Waals surface area (Å²) in [6, 6.07) is 0. The van der Waals surface area contributed by atoms with Crippen molar-refractivity contribution in [2.24, 2.45) is 0 Å². The molecule has 2 rings (SSSR count). The molecule has 1 aliphatic rings. The van der Waals surface area contributed by atoms with Crippen molar-refractivity contribution in [2.45, 2.75) is 38.6 Å². The third kappa shape index (κ3) is 4.87. The van der Waals surface area contributed by atoms with Gasteiger partial charge in [0.05, 0.1) is 18.4 Å². The minimum absolute atomic E-state index is 0.0106. The van der Waals surface area contributed by atoms with E-state index in [9.17, 15) is 14.4 Å². The Bertz CT molecular complexity index is 555. The Morgan fingerprint density at radius 1 is 1.23 bits per heavy atom. The number of hydrogen-bond donors (Lipinski definition) is 2. The van der Waals surface area contributed by atoms with E-state index in [1.807, 2.05) is 0 Å². The van der Waals surface area contributed by atoms with Crippen LogP contribution >= 0.6 is 0 Å². The van der Waals surface area contributed by atoms with Gasteiger partial charge in [0.1, 0.15) is 6.54 Å². The van der Waals surface area contributed by atoms with Crippen LogP contribution in [0.5, 0.6) is 0 Å². The van der Waals surface area contributed by atoms with Gasteiger partial charge in [0.15, 0.2) is 0 Å². The molecule has 0 aromatic carbocycles. The van der Waals surface area contributed by atoms with Crippen molar-refractivity contribution in [3.8, 4) is 0 Å². The van der Waals surface area contributed by atoms with Gasteiger partial charge in [-0.3, -0.25) is 19.1 Å². The molecule has 1 aliphatic heterocycles. The van der Waals surface area contributed by atoms with Crippen molar-refractivity contribution in [1.29, 1.82) is 0 Å². The Balaban J connectivity index is 1.87. The molecule has 22 heavy (non-hydrogen) atoms. The summed E-state index contributed by atoms with van der Waals surface area (Å²) in [5.41, 5.74) is 0.422.